The van der Waals surface area contributed by atoms with Crippen molar-refractivity contribution in [3.05, 3.63) is 0 Å². The minimum Gasteiger partial charge on any atom is -0.481 e. The highest BCUT2D eigenvalue weighted by Gasteiger charge is 2.72. The maximum absolute atomic E-state index is 12.1. The van der Waals surface area contributed by atoms with Crippen LogP contribution in [0.5, 0.6) is 0 Å². The standard InChI is InChI=1S/C20H32O5/c1-16-6-3-7-17(2,15(22)23)13(16)4-8-18-10-19(24,9-5-14(16)18)20(25,11-18)12-21/h13-14,21,24-25H,3-12H2,1-2H3,(H,22,23). The van der Waals surface area contributed by atoms with E-state index >= 15 is 0 Å². The molecule has 4 rings (SSSR count). The van der Waals surface area contributed by atoms with Crippen LogP contribution < -0.4 is 0 Å². The third-order valence-corrected chi connectivity index (χ3v) is 9.19. The average Bonchev–Trinajstić information content (AvgIpc) is 2.69. The van der Waals surface area contributed by atoms with Crippen LogP contribution in [0.1, 0.15) is 71.6 Å². The first-order valence-electron chi connectivity index (χ1n) is 9.84. The summed E-state index contributed by atoms with van der Waals surface area (Å²) in [6.45, 7) is 3.79. The fourth-order valence-corrected chi connectivity index (χ4v) is 8.06. The summed E-state index contributed by atoms with van der Waals surface area (Å²) in [5.74, 6) is -0.209. The number of rotatable bonds is 2. The van der Waals surface area contributed by atoms with Gasteiger partial charge >= 0.3 is 5.97 Å². The van der Waals surface area contributed by atoms with Crippen molar-refractivity contribution in [3.8, 4) is 0 Å². The molecule has 2 bridgehead atoms. The van der Waals surface area contributed by atoms with Crippen molar-refractivity contribution in [2.75, 3.05) is 6.61 Å². The zero-order valence-electron chi connectivity index (χ0n) is 15.4. The molecule has 7 atom stereocenters. The second-order valence-electron chi connectivity index (χ2n) is 10.2. The van der Waals surface area contributed by atoms with E-state index in [-0.39, 0.29) is 16.7 Å². The molecule has 0 aromatic carbocycles. The molecule has 0 amide bonds. The van der Waals surface area contributed by atoms with E-state index < -0.39 is 29.2 Å². The van der Waals surface area contributed by atoms with Crippen LogP contribution in [0.2, 0.25) is 0 Å². The number of aliphatic hydroxyl groups is 3. The van der Waals surface area contributed by atoms with Gasteiger partial charge in [0.15, 0.2) is 0 Å². The Kier molecular flexibility index (Phi) is 3.54. The third kappa shape index (κ3) is 1.98. The van der Waals surface area contributed by atoms with Gasteiger partial charge in [0.05, 0.1) is 17.6 Å². The van der Waals surface area contributed by atoms with Crippen LogP contribution in [0.4, 0.5) is 0 Å². The van der Waals surface area contributed by atoms with Gasteiger partial charge in [-0.3, -0.25) is 4.79 Å². The van der Waals surface area contributed by atoms with Crippen molar-refractivity contribution in [1.29, 1.82) is 0 Å². The van der Waals surface area contributed by atoms with Gasteiger partial charge in [0, 0.05) is 0 Å². The van der Waals surface area contributed by atoms with Crippen LogP contribution >= 0.6 is 0 Å². The Bertz CT molecular complexity index is 605. The molecule has 1 spiro atoms. The van der Waals surface area contributed by atoms with Gasteiger partial charge < -0.3 is 20.4 Å². The normalized spacial score (nSPS) is 57.6. The molecule has 0 heterocycles. The highest BCUT2D eigenvalue weighted by Crippen LogP contribution is 2.73. The lowest BCUT2D eigenvalue weighted by atomic mass is 9.41. The lowest BCUT2D eigenvalue weighted by molar-refractivity contribution is -0.190. The Morgan fingerprint density at radius 2 is 1.68 bits per heavy atom. The van der Waals surface area contributed by atoms with Gasteiger partial charge in [-0.15, -0.1) is 0 Å². The van der Waals surface area contributed by atoms with Crippen LogP contribution in [0.3, 0.4) is 0 Å². The first-order chi connectivity index (χ1) is 11.6. The Balaban J connectivity index is 1.75. The van der Waals surface area contributed by atoms with Gasteiger partial charge in [-0.1, -0.05) is 13.3 Å². The molecule has 25 heavy (non-hydrogen) atoms. The predicted molar refractivity (Wildman–Crippen MR) is 91.8 cm³/mol. The molecule has 0 saturated heterocycles. The lowest BCUT2D eigenvalue weighted by Crippen LogP contribution is -2.59. The van der Waals surface area contributed by atoms with Crippen molar-refractivity contribution in [2.24, 2.45) is 28.1 Å². The van der Waals surface area contributed by atoms with Gasteiger partial charge in [0.2, 0.25) is 0 Å². The molecule has 0 aromatic heterocycles. The predicted octanol–water partition coefficient (Wildman–Crippen LogP) is 2.32. The molecule has 5 nitrogen and oxygen atoms in total. The van der Waals surface area contributed by atoms with E-state index in [9.17, 15) is 25.2 Å². The van der Waals surface area contributed by atoms with Crippen LogP contribution in [0, 0.1) is 28.1 Å². The van der Waals surface area contributed by atoms with Crippen molar-refractivity contribution in [2.45, 2.75) is 82.8 Å². The van der Waals surface area contributed by atoms with Crippen LogP contribution in [-0.4, -0.2) is 44.2 Å². The molecule has 142 valence electrons. The van der Waals surface area contributed by atoms with E-state index in [0.717, 1.165) is 38.5 Å². The van der Waals surface area contributed by atoms with Gasteiger partial charge in [-0.25, -0.2) is 0 Å². The number of aliphatic carboxylic acids is 1. The van der Waals surface area contributed by atoms with Crippen molar-refractivity contribution < 1.29 is 25.2 Å². The molecular formula is C20H32O5. The summed E-state index contributed by atoms with van der Waals surface area (Å²) >= 11 is 0. The number of aliphatic hydroxyl groups excluding tert-OH is 1. The summed E-state index contributed by atoms with van der Waals surface area (Å²) < 4.78 is 0. The molecule has 0 aliphatic heterocycles. The minimum atomic E-state index is -1.41. The molecule has 4 fully saturated rings. The van der Waals surface area contributed by atoms with Gasteiger partial charge in [0.25, 0.3) is 0 Å². The molecule has 0 radical (unpaired) electrons. The summed E-state index contributed by atoms with van der Waals surface area (Å²) in [7, 11) is 0. The van der Waals surface area contributed by atoms with Crippen LogP contribution in [0.15, 0.2) is 0 Å². The van der Waals surface area contributed by atoms with E-state index in [1.165, 1.54) is 0 Å². The van der Waals surface area contributed by atoms with E-state index in [2.05, 4.69) is 6.92 Å². The number of hydrogen-bond acceptors (Lipinski definition) is 4. The maximum Gasteiger partial charge on any atom is 0.309 e. The van der Waals surface area contributed by atoms with Gasteiger partial charge in [-0.2, -0.15) is 0 Å². The van der Waals surface area contributed by atoms with Crippen molar-refractivity contribution in [3.63, 3.8) is 0 Å². The molecule has 4 aliphatic carbocycles. The number of carboxylic acid groups (broad SMARTS) is 1. The number of carbonyl (C=O) groups is 1. The number of fused-ring (bicyclic) bond motifs is 3. The van der Waals surface area contributed by atoms with E-state index in [1.54, 1.807) is 0 Å². The minimum absolute atomic E-state index is 0.0638. The Morgan fingerprint density at radius 3 is 2.32 bits per heavy atom. The summed E-state index contributed by atoms with van der Waals surface area (Å²) in [6, 6.07) is 0. The number of carboxylic acids is 1. The molecule has 5 heteroatoms. The molecule has 4 aliphatic rings. The fourth-order valence-electron chi connectivity index (χ4n) is 8.06. The quantitative estimate of drug-likeness (QED) is 0.611. The Morgan fingerprint density at radius 1 is 1.00 bits per heavy atom. The third-order valence-electron chi connectivity index (χ3n) is 9.19. The monoisotopic (exact) mass is 352 g/mol. The first kappa shape index (κ1) is 17.7. The average molecular weight is 352 g/mol. The highest BCUT2D eigenvalue weighted by molar-refractivity contribution is 5.75. The van der Waals surface area contributed by atoms with Crippen molar-refractivity contribution >= 4 is 5.97 Å². The summed E-state index contributed by atoms with van der Waals surface area (Å²) in [5, 5.41) is 41.7. The SMILES string of the molecule is CC1(C(=O)O)CCCC2(C)C3CCC4(O)CC3(CCC12)CC4(O)CO. The molecular weight excluding hydrogens is 320 g/mol. The molecule has 4 saturated carbocycles. The Hall–Kier alpha value is -0.650. The fraction of sp³-hybridized carbons (Fsp3) is 0.950. The lowest BCUT2D eigenvalue weighted by Gasteiger charge is -2.63. The summed E-state index contributed by atoms with van der Waals surface area (Å²) in [5.41, 5.74) is -3.49. The maximum atomic E-state index is 12.1. The molecule has 4 N–H and O–H groups in total. The summed E-state index contributed by atoms with van der Waals surface area (Å²) in [4.78, 5) is 12.1. The largest absolute Gasteiger partial charge is 0.481 e. The van der Waals surface area contributed by atoms with Crippen molar-refractivity contribution in [1.82, 2.24) is 0 Å². The first-order valence-corrected chi connectivity index (χ1v) is 9.84. The second-order valence-corrected chi connectivity index (χ2v) is 10.2. The van der Waals surface area contributed by atoms with E-state index in [4.69, 9.17) is 0 Å². The molecule has 0 aromatic rings. The second kappa shape index (κ2) is 4.99. The van der Waals surface area contributed by atoms with Gasteiger partial charge in [-0.05, 0) is 81.0 Å². The molecule has 7 unspecified atom stereocenters. The van der Waals surface area contributed by atoms with E-state index in [1.807, 2.05) is 6.92 Å². The number of hydrogen-bond donors (Lipinski definition) is 4. The van der Waals surface area contributed by atoms with Gasteiger partial charge in [0.1, 0.15) is 5.60 Å². The zero-order chi connectivity index (χ0) is 18.3. The topological polar surface area (TPSA) is 98.0 Å². The van der Waals surface area contributed by atoms with Crippen LogP contribution in [-0.2, 0) is 4.79 Å². The smallest absolute Gasteiger partial charge is 0.309 e. The Labute approximate surface area is 149 Å². The zero-order valence-corrected chi connectivity index (χ0v) is 15.4. The van der Waals surface area contributed by atoms with E-state index in [0.29, 0.717) is 25.2 Å². The van der Waals surface area contributed by atoms with Crippen LogP contribution in [0.25, 0.3) is 0 Å². The highest BCUT2D eigenvalue weighted by atomic mass is 16.4. The summed E-state index contributed by atoms with van der Waals surface area (Å²) in [6.07, 6.45) is 6.72.